The Kier molecular flexibility index (Phi) is 1.87. The summed E-state index contributed by atoms with van der Waals surface area (Å²) in [5.74, 6) is 0. The van der Waals surface area contributed by atoms with Crippen LogP contribution < -0.4 is 0 Å². The zero-order valence-electron chi connectivity index (χ0n) is 5.43. The molecule has 0 aromatic heterocycles. The van der Waals surface area contributed by atoms with Crippen LogP contribution in [-0.4, -0.2) is 22.4 Å². The fourth-order valence-electron chi connectivity index (χ4n) is 0.649. The Morgan fingerprint density at radius 3 is 1.00 bits per heavy atom. The van der Waals surface area contributed by atoms with Crippen LogP contribution in [0.15, 0.2) is 0 Å². The SMILES string of the molecule is FC(F)(F)C1(F)SC1(F)C(F)(F)F. The Hall–Kier alpha value is -0.210. The van der Waals surface area contributed by atoms with E-state index in [9.17, 15) is 35.1 Å². The van der Waals surface area contributed by atoms with E-state index in [1.54, 1.807) is 0 Å². The lowest BCUT2D eigenvalue weighted by Crippen LogP contribution is -2.42. The fourth-order valence-corrected chi connectivity index (χ4v) is 1.45. The lowest BCUT2D eigenvalue weighted by molar-refractivity contribution is -0.258. The molecule has 1 aliphatic rings. The predicted molar refractivity (Wildman–Crippen MR) is 27.4 cm³/mol. The molecule has 9 heteroatoms. The van der Waals surface area contributed by atoms with Crippen LogP contribution in [-0.2, 0) is 0 Å². The lowest BCUT2D eigenvalue weighted by atomic mass is 10.2. The molecule has 0 spiro atoms. The Bertz CT molecular complexity index is 205. The molecule has 0 bridgehead atoms. The summed E-state index contributed by atoms with van der Waals surface area (Å²) in [6.07, 6.45) is -11.7. The predicted octanol–water partition coefficient (Wildman–Crippen LogP) is 3.19. The molecule has 0 N–H and O–H groups in total. The molecule has 1 aliphatic heterocycles. The summed E-state index contributed by atoms with van der Waals surface area (Å²) in [6.45, 7) is 0. The first-order valence-electron chi connectivity index (χ1n) is 2.67. The number of rotatable bonds is 0. The standard InChI is InChI=1S/C4F8S/c5-1(3(7,8)9)2(6,13-1)4(10,11)12. The summed E-state index contributed by atoms with van der Waals surface area (Å²) in [6, 6.07) is 0. The van der Waals surface area contributed by atoms with Crippen molar-refractivity contribution in [1.82, 2.24) is 0 Å². The van der Waals surface area contributed by atoms with Crippen molar-refractivity contribution in [3.63, 3.8) is 0 Å². The van der Waals surface area contributed by atoms with Crippen molar-refractivity contribution in [3.8, 4) is 0 Å². The van der Waals surface area contributed by atoms with Gasteiger partial charge in [-0.1, -0.05) is 11.8 Å². The van der Waals surface area contributed by atoms with Crippen LogP contribution in [0.25, 0.3) is 0 Å². The van der Waals surface area contributed by atoms with Crippen LogP contribution in [0.5, 0.6) is 0 Å². The van der Waals surface area contributed by atoms with Crippen LogP contribution in [0, 0.1) is 0 Å². The summed E-state index contributed by atoms with van der Waals surface area (Å²) in [7, 11) is 0. The molecule has 2 unspecified atom stereocenters. The summed E-state index contributed by atoms with van der Waals surface area (Å²) in [4.78, 5) is 0. The molecule has 0 amide bonds. The average molecular weight is 232 g/mol. The first kappa shape index (κ1) is 10.9. The van der Waals surface area contributed by atoms with Crippen molar-refractivity contribution in [2.75, 3.05) is 0 Å². The van der Waals surface area contributed by atoms with E-state index >= 15 is 0 Å². The van der Waals surface area contributed by atoms with Crippen LogP contribution in [0.2, 0.25) is 0 Å². The van der Waals surface area contributed by atoms with Gasteiger partial charge in [-0.25, -0.2) is 8.78 Å². The molecule has 13 heavy (non-hydrogen) atoms. The van der Waals surface area contributed by atoms with Gasteiger partial charge in [0.05, 0.1) is 0 Å². The Morgan fingerprint density at radius 1 is 0.692 bits per heavy atom. The summed E-state index contributed by atoms with van der Waals surface area (Å²) >= 11 is -1.43. The van der Waals surface area contributed by atoms with Crippen molar-refractivity contribution >= 4 is 11.8 Å². The largest absolute Gasteiger partial charge is 0.436 e. The molecule has 78 valence electrons. The number of thioether (sulfide) groups is 1. The number of hydrogen-bond donors (Lipinski definition) is 0. The topological polar surface area (TPSA) is 0 Å². The molecule has 2 atom stereocenters. The van der Waals surface area contributed by atoms with Gasteiger partial charge in [0.25, 0.3) is 0 Å². The van der Waals surface area contributed by atoms with Gasteiger partial charge in [0.2, 0.25) is 0 Å². The summed E-state index contributed by atoms with van der Waals surface area (Å²) in [5.41, 5.74) is 0. The van der Waals surface area contributed by atoms with Gasteiger partial charge >= 0.3 is 22.4 Å². The van der Waals surface area contributed by atoms with Gasteiger partial charge in [-0.3, -0.25) is 0 Å². The Morgan fingerprint density at radius 2 is 0.923 bits per heavy atom. The maximum Gasteiger partial charge on any atom is 0.436 e. The summed E-state index contributed by atoms with van der Waals surface area (Å²) in [5, 5.41) is -9.70. The Balaban J connectivity index is 2.95. The van der Waals surface area contributed by atoms with Crippen LogP contribution in [0.4, 0.5) is 35.1 Å². The van der Waals surface area contributed by atoms with Crippen molar-refractivity contribution in [3.05, 3.63) is 0 Å². The molecule has 0 aliphatic carbocycles. The van der Waals surface area contributed by atoms with E-state index in [4.69, 9.17) is 0 Å². The van der Waals surface area contributed by atoms with Crippen LogP contribution >= 0.6 is 11.8 Å². The van der Waals surface area contributed by atoms with Gasteiger partial charge in [-0.05, 0) is 0 Å². The molecular formula is C4F8S. The van der Waals surface area contributed by atoms with Gasteiger partial charge < -0.3 is 0 Å². The lowest BCUT2D eigenvalue weighted by Gasteiger charge is -2.15. The second kappa shape index (κ2) is 2.23. The molecule has 1 saturated heterocycles. The minimum atomic E-state index is -5.86. The third-order valence-corrected chi connectivity index (χ3v) is 2.77. The molecule has 1 heterocycles. The molecule has 0 aromatic carbocycles. The highest BCUT2D eigenvalue weighted by atomic mass is 32.2. The van der Waals surface area contributed by atoms with E-state index in [2.05, 4.69) is 0 Å². The molecular weight excluding hydrogens is 232 g/mol. The monoisotopic (exact) mass is 232 g/mol. The minimum Gasteiger partial charge on any atom is -0.216 e. The van der Waals surface area contributed by atoms with Gasteiger partial charge in [-0.2, -0.15) is 26.3 Å². The maximum atomic E-state index is 12.3. The maximum absolute atomic E-state index is 12.3. The normalized spacial score (nSPS) is 40.6. The molecule has 1 fully saturated rings. The van der Waals surface area contributed by atoms with Crippen LogP contribution in [0.1, 0.15) is 0 Å². The molecule has 1 rings (SSSR count). The number of halogens is 8. The van der Waals surface area contributed by atoms with Gasteiger partial charge in [0.1, 0.15) is 0 Å². The van der Waals surface area contributed by atoms with E-state index < -0.39 is 34.1 Å². The number of hydrogen-bond acceptors (Lipinski definition) is 1. The third kappa shape index (κ3) is 1.19. The van der Waals surface area contributed by atoms with Crippen molar-refractivity contribution in [2.24, 2.45) is 0 Å². The quantitative estimate of drug-likeness (QED) is 0.456. The minimum absolute atomic E-state index is 1.43. The fraction of sp³-hybridized carbons (Fsp3) is 1.00. The average Bonchev–Trinajstić information content (AvgIpc) is 2.34. The van der Waals surface area contributed by atoms with E-state index in [-0.39, 0.29) is 0 Å². The van der Waals surface area contributed by atoms with Gasteiger partial charge in [0, 0.05) is 0 Å². The zero-order valence-corrected chi connectivity index (χ0v) is 6.25. The number of alkyl halides is 8. The molecule has 0 aromatic rings. The summed E-state index contributed by atoms with van der Waals surface area (Å²) < 4.78 is 93.7. The second-order valence-electron chi connectivity index (χ2n) is 2.29. The van der Waals surface area contributed by atoms with E-state index in [0.717, 1.165) is 0 Å². The molecule has 0 saturated carbocycles. The highest BCUT2D eigenvalue weighted by Gasteiger charge is 2.95. The first-order valence-corrected chi connectivity index (χ1v) is 3.49. The smallest absolute Gasteiger partial charge is 0.216 e. The highest BCUT2D eigenvalue weighted by molar-refractivity contribution is 8.09. The van der Waals surface area contributed by atoms with Crippen molar-refractivity contribution in [2.45, 2.75) is 22.4 Å². The zero-order chi connectivity index (χ0) is 10.7. The van der Waals surface area contributed by atoms with Gasteiger partial charge in [-0.15, -0.1) is 0 Å². The van der Waals surface area contributed by atoms with E-state index in [1.807, 2.05) is 0 Å². The van der Waals surface area contributed by atoms with Crippen LogP contribution in [0.3, 0.4) is 0 Å². The van der Waals surface area contributed by atoms with Crippen molar-refractivity contribution < 1.29 is 35.1 Å². The third-order valence-electron chi connectivity index (χ3n) is 1.38. The van der Waals surface area contributed by atoms with Gasteiger partial charge in [0.15, 0.2) is 0 Å². The first-order chi connectivity index (χ1) is 5.46. The Labute approximate surface area is 70.3 Å². The second-order valence-corrected chi connectivity index (χ2v) is 3.62. The molecule has 0 radical (unpaired) electrons. The highest BCUT2D eigenvalue weighted by Crippen LogP contribution is 2.77. The van der Waals surface area contributed by atoms with E-state index in [1.165, 1.54) is 0 Å². The van der Waals surface area contributed by atoms with Crippen molar-refractivity contribution in [1.29, 1.82) is 0 Å². The van der Waals surface area contributed by atoms with E-state index in [0.29, 0.717) is 0 Å². The molecule has 0 nitrogen and oxygen atoms in total.